The van der Waals surface area contributed by atoms with Crippen molar-refractivity contribution in [1.82, 2.24) is 0 Å². The fourth-order valence-corrected chi connectivity index (χ4v) is 3.15. The predicted molar refractivity (Wildman–Crippen MR) is 70.6 cm³/mol. The summed E-state index contributed by atoms with van der Waals surface area (Å²) in [6.07, 6.45) is 1.99. The summed E-state index contributed by atoms with van der Waals surface area (Å²) in [7, 11) is 1.63. The predicted octanol–water partition coefficient (Wildman–Crippen LogP) is 2.45. The van der Waals surface area contributed by atoms with E-state index in [1.807, 2.05) is 18.2 Å². The molecule has 1 aromatic carbocycles. The Balaban J connectivity index is 1.93. The molecule has 1 spiro atoms. The van der Waals surface area contributed by atoms with Gasteiger partial charge in [-0.3, -0.25) is 0 Å². The third-order valence-electron chi connectivity index (χ3n) is 4.09. The molecule has 2 aliphatic heterocycles. The molecule has 0 bridgehead atoms. The number of rotatable bonds is 1. The van der Waals surface area contributed by atoms with Crippen LogP contribution >= 0.6 is 0 Å². The number of hydrogen-bond donors (Lipinski definition) is 1. The van der Waals surface area contributed by atoms with Gasteiger partial charge in [-0.1, -0.05) is 0 Å². The van der Waals surface area contributed by atoms with Crippen molar-refractivity contribution in [2.45, 2.75) is 44.0 Å². The molecule has 3 rings (SSSR count). The van der Waals surface area contributed by atoms with Crippen molar-refractivity contribution < 1.29 is 19.3 Å². The molecule has 1 fully saturated rings. The van der Waals surface area contributed by atoms with Gasteiger partial charge in [-0.2, -0.15) is 0 Å². The summed E-state index contributed by atoms with van der Waals surface area (Å²) in [5.41, 5.74) is 0.557. The Hall–Kier alpha value is -1.26. The average Bonchev–Trinajstić information content (AvgIpc) is 2.37. The number of hydrogen-bond acceptors (Lipinski definition) is 4. The Bertz CT molecular complexity index is 473. The molecule has 2 unspecified atom stereocenters. The van der Waals surface area contributed by atoms with Crippen LogP contribution in [0.1, 0.15) is 37.9 Å². The van der Waals surface area contributed by atoms with E-state index in [1.54, 1.807) is 7.11 Å². The highest BCUT2D eigenvalue weighted by molar-refractivity contribution is 5.44. The van der Waals surface area contributed by atoms with E-state index in [1.165, 1.54) is 0 Å². The minimum Gasteiger partial charge on any atom is -0.497 e. The van der Waals surface area contributed by atoms with Crippen LogP contribution in [-0.2, 0) is 4.74 Å². The first-order valence-corrected chi connectivity index (χ1v) is 6.78. The minimum absolute atomic E-state index is 0.174. The van der Waals surface area contributed by atoms with Crippen LogP contribution in [0.3, 0.4) is 0 Å². The molecule has 4 nitrogen and oxygen atoms in total. The fraction of sp³-hybridized carbons (Fsp3) is 0.600. The molecular weight excluding hydrogens is 244 g/mol. The molecule has 2 aliphatic rings. The molecular formula is C15H20O4. The van der Waals surface area contributed by atoms with E-state index in [0.29, 0.717) is 13.0 Å². The van der Waals surface area contributed by atoms with Gasteiger partial charge in [-0.05, 0) is 19.1 Å². The van der Waals surface area contributed by atoms with Gasteiger partial charge in [0.1, 0.15) is 17.1 Å². The highest BCUT2D eigenvalue weighted by atomic mass is 16.5. The van der Waals surface area contributed by atoms with Gasteiger partial charge in [0.05, 0.1) is 25.9 Å². The quantitative estimate of drug-likeness (QED) is 0.846. The lowest BCUT2D eigenvalue weighted by molar-refractivity contribution is -0.111. The molecule has 2 heterocycles. The number of aliphatic hydroxyl groups excluding tert-OH is 1. The van der Waals surface area contributed by atoms with Crippen LogP contribution in [0.2, 0.25) is 0 Å². The summed E-state index contributed by atoms with van der Waals surface area (Å²) < 4.78 is 17.0. The maximum Gasteiger partial charge on any atom is 0.129 e. The van der Waals surface area contributed by atoms with Gasteiger partial charge in [0.15, 0.2) is 0 Å². The summed E-state index contributed by atoms with van der Waals surface area (Å²) in [6, 6.07) is 5.60. The molecule has 0 amide bonds. The Morgan fingerprint density at radius 3 is 2.95 bits per heavy atom. The minimum atomic E-state index is -0.472. The van der Waals surface area contributed by atoms with E-state index >= 15 is 0 Å². The molecule has 1 N–H and O–H groups in total. The maximum atomic E-state index is 10.4. The largest absolute Gasteiger partial charge is 0.497 e. The zero-order chi connectivity index (χ0) is 13.5. The van der Waals surface area contributed by atoms with Crippen molar-refractivity contribution in [3.63, 3.8) is 0 Å². The number of methoxy groups -OCH3 is 1. The molecule has 1 saturated heterocycles. The van der Waals surface area contributed by atoms with E-state index in [2.05, 4.69) is 6.92 Å². The first kappa shape index (κ1) is 12.8. The second-order valence-corrected chi connectivity index (χ2v) is 5.54. The lowest BCUT2D eigenvalue weighted by Crippen LogP contribution is -2.47. The molecule has 19 heavy (non-hydrogen) atoms. The summed E-state index contributed by atoms with van der Waals surface area (Å²) in [5.74, 6) is 1.50. The number of fused-ring (bicyclic) bond motifs is 1. The van der Waals surface area contributed by atoms with Crippen molar-refractivity contribution in [2.75, 3.05) is 13.7 Å². The van der Waals surface area contributed by atoms with E-state index < -0.39 is 6.10 Å². The fourth-order valence-electron chi connectivity index (χ4n) is 3.15. The lowest BCUT2D eigenvalue weighted by Gasteiger charge is -2.44. The number of benzene rings is 1. The third-order valence-corrected chi connectivity index (χ3v) is 4.09. The summed E-state index contributed by atoms with van der Waals surface area (Å²) >= 11 is 0. The van der Waals surface area contributed by atoms with Crippen LogP contribution in [0.15, 0.2) is 18.2 Å². The van der Waals surface area contributed by atoms with Gasteiger partial charge < -0.3 is 19.3 Å². The highest BCUT2D eigenvalue weighted by Gasteiger charge is 2.43. The van der Waals surface area contributed by atoms with Crippen molar-refractivity contribution in [1.29, 1.82) is 0 Å². The molecule has 0 aromatic heterocycles. The molecule has 0 saturated carbocycles. The van der Waals surface area contributed by atoms with Gasteiger partial charge in [0.2, 0.25) is 0 Å². The average molecular weight is 264 g/mol. The van der Waals surface area contributed by atoms with Crippen molar-refractivity contribution >= 4 is 0 Å². The van der Waals surface area contributed by atoms with Crippen LogP contribution < -0.4 is 9.47 Å². The SMILES string of the molecule is COc1ccc2c(c1)OC1(CCOC(C)C1)C[C@@H]2O. The lowest BCUT2D eigenvalue weighted by atomic mass is 9.81. The van der Waals surface area contributed by atoms with Gasteiger partial charge in [-0.15, -0.1) is 0 Å². The van der Waals surface area contributed by atoms with E-state index in [-0.39, 0.29) is 11.7 Å². The third kappa shape index (κ3) is 2.30. The molecule has 0 radical (unpaired) electrons. The monoisotopic (exact) mass is 264 g/mol. The van der Waals surface area contributed by atoms with Gasteiger partial charge in [0.25, 0.3) is 0 Å². The van der Waals surface area contributed by atoms with E-state index in [0.717, 1.165) is 29.9 Å². The standard InChI is InChI=1S/C15H20O4/c1-10-8-15(5-6-18-10)9-13(16)12-4-3-11(17-2)7-14(12)19-15/h3-4,7,10,13,16H,5-6,8-9H2,1-2H3/t10?,13-,15?/m0/s1. The Kier molecular flexibility index (Phi) is 3.15. The maximum absolute atomic E-state index is 10.4. The van der Waals surface area contributed by atoms with Crippen LogP contribution in [0, 0.1) is 0 Å². The van der Waals surface area contributed by atoms with Crippen molar-refractivity contribution in [3.8, 4) is 11.5 Å². The van der Waals surface area contributed by atoms with E-state index in [9.17, 15) is 5.11 Å². The summed E-state index contributed by atoms with van der Waals surface area (Å²) in [5, 5.41) is 10.4. The zero-order valence-corrected chi connectivity index (χ0v) is 11.4. The molecule has 1 aromatic rings. The normalized spacial score (nSPS) is 33.6. The molecule has 4 heteroatoms. The summed E-state index contributed by atoms with van der Waals surface area (Å²) in [6.45, 7) is 2.74. The van der Waals surface area contributed by atoms with Crippen molar-refractivity contribution in [2.24, 2.45) is 0 Å². The summed E-state index contributed by atoms with van der Waals surface area (Å²) in [4.78, 5) is 0. The van der Waals surface area contributed by atoms with E-state index in [4.69, 9.17) is 14.2 Å². The second-order valence-electron chi connectivity index (χ2n) is 5.54. The molecule has 3 atom stereocenters. The Morgan fingerprint density at radius 1 is 1.37 bits per heavy atom. The second kappa shape index (κ2) is 4.69. The molecule has 104 valence electrons. The Morgan fingerprint density at radius 2 is 2.21 bits per heavy atom. The van der Waals surface area contributed by atoms with Crippen molar-refractivity contribution in [3.05, 3.63) is 23.8 Å². The number of aliphatic hydroxyl groups is 1. The topological polar surface area (TPSA) is 47.9 Å². The smallest absolute Gasteiger partial charge is 0.129 e. The first-order chi connectivity index (χ1) is 9.12. The Labute approximate surface area is 113 Å². The first-order valence-electron chi connectivity index (χ1n) is 6.78. The van der Waals surface area contributed by atoms with Crippen LogP contribution in [0.4, 0.5) is 0 Å². The van der Waals surface area contributed by atoms with Gasteiger partial charge >= 0.3 is 0 Å². The van der Waals surface area contributed by atoms with Gasteiger partial charge in [0, 0.05) is 30.9 Å². The number of ether oxygens (including phenoxy) is 3. The van der Waals surface area contributed by atoms with Crippen LogP contribution in [0.5, 0.6) is 11.5 Å². The highest BCUT2D eigenvalue weighted by Crippen LogP contribution is 2.45. The van der Waals surface area contributed by atoms with Crippen LogP contribution in [-0.4, -0.2) is 30.5 Å². The zero-order valence-electron chi connectivity index (χ0n) is 11.4. The van der Waals surface area contributed by atoms with Crippen LogP contribution in [0.25, 0.3) is 0 Å². The molecule has 0 aliphatic carbocycles. The van der Waals surface area contributed by atoms with Gasteiger partial charge in [-0.25, -0.2) is 0 Å².